The van der Waals surface area contributed by atoms with Gasteiger partial charge < -0.3 is 9.64 Å². The van der Waals surface area contributed by atoms with Gasteiger partial charge in [-0.25, -0.2) is 0 Å². The van der Waals surface area contributed by atoms with E-state index in [0.717, 1.165) is 11.3 Å². The number of nitrogens with zero attached hydrogens (tertiary/aromatic N) is 1. The third-order valence-electron chi connectivity index (χ3n) is 5.95. The molecule has 1 heterocycles. The highest BCUT2D eigenvalue weighted by molar-refractivity contribution is 7.10. The molecular formula is C26H23Cl2NO3S. The summed E-state index contributed by atoms with van der Waals surface area (Å²) in [6.07, 6.45) is 3.83. The van der Waals surface area contributed by atoms with Crippen LogP contribution in [0, 0.1) is 0 Å². The van der Waals surface area contributed by atoms with Crippen molar-refractivity contribution in [2.24, 2.45) is 0 Å². The van der Waals surface area contributed by atoms with E-state index in [0.29, 0.717) is 39.8 Å². The van der Waals surface area contributed by atoms with Gasteiger partial charge in [-0.3, -0.25) is 9.59 Å². The molecule has 1 aliphatic rings. The molecule has 1 aromatic heterocycles. The van der Waals surface area contributed by atoms with E-state index < -0.39 is 5.54 Å². The fourth-order valence-corrected chi connectivity index (χ4v) is 5.35. The SMILES string of the molecule is CN(C(=O)COc1ccc(Cl)cc1)C1(c2ccccc2Cl)CCC/C(=C/c2cccs2)C1=O. The van der Waals surface area contributed by atoms with Crippen LogP contribution in [0.2, 0.25) is 10.0 Å². The number of likely N-dealkylation sites (N-methyl/N-ethyl adjacent to an activating group) is 1. The van der Waals surface area contributed by atoms with E-state index in [1.54, 1.807) is 48.7 Å². The number of hydrogen-bond donors (Lipinski definition) is 0. The van der Waals surface area contributed by atoms with Gasteiger partial charge in [-0.2, -0.15) is 0 Å². The number of rotatable bonds is 6. The van der Waals surface area contributed by atoms with Gasteiger partial charge in [-0.1, -0.05) is 47.5 Å². The van der Waals surface area contributed by atoms with Crippen molar-refractivity contribution in [1.82, 2.24) is 4.90 Å². The summed E-state index contributed by atoms with van der Waals surface area (Å²) in [6.45, 7) is -0.207. The Hall–Kier alpha value is -2.60. The average Bonchev–Trinajstić information content (AvgIpc) is 3.33. The Morgan fingerprint density at radius 3 is 2.58 bits per heavy atom. The molecule has 4 rings (SSSR count). The molecule has 1 unspecified atom stereocenters. The summed E-state index contributed by atoms with van der Waals surface area (Å²) >= 11 is 14.1. The van der Waals surface area contributed by atoms with Gasteiger partial charge in [0.2, 0.25) is 0 Å². The lowest BCUT2D eigenvalue weighted by Gasteiger charge is -2.44. The zero-order valence-electron chi connectivity index (χ0n) is 18.1. The highest BCUT2D eigenvalue weighted by Gasteiger charge is 2.49. The number of ketones is 1. The van der Waals surface area contributed by atoms with E-state index in [9.17, 15) is 9.59 Å². The van der Waals surface area contributed by atoms with E-state index in [1.165, 1.54) is 4.90 Å². The Balaban J connectivity index is 1.68. The van der Waals surface area contributed by atoms with Gasteiger partial charge in [-0.05, 0) is 72.7 Å². The minimum absolute atomic E-state index is 0.0995. The lowest BCUT2D eigenvalue weighted by atomic mass is 9.72. The molecule has 0 aliphatic heterocycles. The second kappa shape index (κ2) is 10.1. The standard InChI is InChI=1S/C26H23Cl2NO3S/c1-29(24(30)17-32-20-12-10-19(27)11-13-20)26(22-8-2-3-9-23(22)28)14-4-6-18(25(26)31)16-21-7-5-15-33-21/h2-3,5,7-13,15-16H,4,6,14,17H2,1H3/b18-16-. The number of carbonyl (C=O) groups excluding carboxylic acids is 2. The Kier molecular flexibility index (Phi) is 7.23. The van der Waals surface area contributed by atoms with Crippen LogP contribution < -0.4 is 4.74 Å². The van der Waals surface area contributed by atoms with Gasteiger partial charge >= 0.3 is 0 Å². The van der Waals surface area contributed by atoms with Crippen molar-refractivity contribution in [3.63, 3.8) is 0 Å². The van der Waals surface area contributed by atoms with Crippen molar-refractivity contribution in [3.05, 3.63) is 92.1 Å². The summed E-state index contributed by atoms with van der Waals surface area (Å²) in [5, 5.41) is 3.02. The first kappa shape index (κ1) is 23.6. The molecule has 3 aromatic rings. The van der Waals surface area contributed by atoms with E-state index in [2.05, 4.69) is 0 Å². The van der Waals surface area contributed by atoms with Gasteiger partial charge in [0, 0.05) is 27.5 Å². The summed E-state index contributed by atoms with van der Waals surface area (Å²) in [5.41, 5.74) is 0.137. The van der Waals surface area contributed by atoms with Crippen LogP contribution in [0.25, 0.3) is 6.08 Å². The molecule has 0 saturated heterocycles. The molecule has 170 valence electrons. The first-order chi connectivity index (χ1) is 15.9. The molecule has 0 radical (unpaired) electrons. The number of ether oxygens (including phenoxy) is 1. The molecule has 7 heteroatoms. The number of carbonyl (C=O) groups is 2. The number of Topliss-reactive ketones (excluding diaryl/α,β-unsaturated/α-hetero) is 1. The fraction of sp³-hybridized carbons (Fsp3) is 0.231. The van der Waals surface area contributed by atoms with Crippen LogP contribution in [-0.4, -0.2) is 30.2 Å². The predicted octanol–water partition coefficient (Wildman–Crippen LogP) is 6.62. The zero-order chi connectivity index (χ0) is 23.4. The van der Waals surface area contributed by atoms with Crippen LogP contribution in [0.3, 0.4) is 0 Å². The van der Waals surface area contributed by atoms with Crippen molar-refractivity contribution in [2.45, 2.75) is 24.8 Å². The fourth-order valence-electron chi connectivity index (χ4n) is 4.25. The minimum atomic E-state index is -1.19. The summed E-state index contributed by atoms with van der Waals surface area (Å²) in [4.78, 5) is 29.8. The monoisotopic (exact) mass is 499 g/mol. The number of benzene rings is 2. The smallest absolute Gasteiger partial charge is 0.261 e. The topological polar surface area (TPSA) is 46.6 Å². The molecule has 0 bridgehead atoms. The van der Waals surface area contributed by atoms with Gasteiger partial charge in [0.1, 0.15) is 11.3 Å². The molecule has 0 N–H and O–H groups in total. The summed E-state index contributed by atoms with van der Waals surface area (Å²) in [7, 11) is 1.66. The van der Waals surface area contributed by atoms with Crippen LogP contribution in [0.5, 0.6) is 5.75 Å². The molecule has 1 aliphatic carbocycles. The van der Waals surface area contributed by atoms with E-state index in [-0.39, 0.29) is 18.3 Å². The molecule has 0 spiro atoms. The average molecular weight is 500 g/mol. The minimum Gasteiger partial charge on any atom is -0.484 e. The van der Waals surface area contributed by atoms with Crippen molar-refractivity contribution in [3.8, 4) is 5.75 Å². The largest absolute Gasteiger partial charge is 0.484 e. The highest BCUT2D eigenvalue weighted by Crippen LogP contribution is 2.44. The van der Waals surface area contributed by atoms with Crippen molar-refractivity contribution in [1.29, 1.82) is 0 Å². The molecule has 33 heavy (non-hydrogen) atoms. The van der Waals surface area contributed by atoms with Crippen molar-refractivity contribution in [2.75, 3.05) is 13.7 Å². The normalized spacial score (nSPS) is 19.5. The molecular weight excluding hydrogens is 477 g/mol. The molecule has 4 nitrogen and oxygen atoms in total. The number of halogens is 2. The predicted molar refractivity (Wildman–Crippen MR) is 134 cm³/mol. The van der Waals surface area contributed by atoms with Crippen molar-refractivity contribution < 1.29 is 14.3 Å². The molecule has 1 fully saturated rings. The second-order valence-corrected chi connectivity index (χ2v) is 9.73. The highest BCUT2D eigenvalue weighted by atomic mass is 35.5. The maximum Gasteiger partial charge on any atom is 0.261 e. The summed E-state index contributed by atoms with van der Waals surface area (Å²) < 4.78 is 5.69. The third-order valence-corrected chi connectivity index (χ3v) is 7.35. The zero-order valence-corrected chi connectivity index (χ0v) is 20.4. The maximum atomic E-state index is 14.0. The summed E-state index contributed by atoms with van der Waals surface area (Å²) in [6, 6.07) is 18.0. The van der Waals surface area contributed by atoms with Gasteiger partial charge in [0.25, 0.3) is 5.91 Å². The molecule has 1 atom stereocenters. The van der Waals surface area contributed by atoms with Gasteiger partial charge in [0.05, 0.1) is 0 Å². The Bertz CT molecular complexity index is 1170. The Labute approximate surface area is 207 Å². The van der Waals surface area contributed by atoms with Gasteiger partial charge in [-0.15, -0.1) is 11.3 Å². The van der Waals surface area contributed by atoms with Gasteiger partial charge in [0.15, 0.2) is 12.4 Å². The summed E-state index contributed by atoms with van der Waals surface area (Å²) in [5.74, 6) is 0.120. The van der Waals surface area contributed by atoms with E-state index in [1.807, 2.05) is 41.8 Å². The van der Waals surface area contributed by atoms with Crippen LogP contribution >= 0.6 is 34.5 Å². The Morgan fingerprint density at radius 1 is 1.12 bits per heavy atom. The Morgan fingerprint density at radius 2 is 1.88 bits per heavy atom. The lowest BCUT2D eigenvalue weighted by Crippen LogP contribution is -2.56. The van der Waals surface area contributed by atoms with Crippen molar-refractivity contribution >= 4 is 52.3 Å². The van der Waals surface area contributed by atoms with Crippen LogP contribution in [0.1, 0.15) is 29.7 Å². The number of amides is 1. The van der Waals surface area contributed by atoms with Crippen LogP contribution in [-0.2, 0) is 15.1 Å². The van der Waals surface area contributed by atoms with Crippen LogP contribution in [0.4, 0.5) is 0 Å². The lowest BCUT2D eigenvalue weighted by molar-refractivity contribution is -0.147. The first-order valence-corrected chi connectivity index (χ1v) is 12.2. The quantitative estimate of drug-likeness (QED) is 0.357. The second-order valence-electron chi connectivity index (χ2n) is 7.90. The third kappa shape index (κ3) is 4.86. The maximum absolute atomic E-state index is 14.0. The molecule has 1 amide bonds. The van der Waals surface area contributed by atoms with Crippen LogP contribution in [0.15, 0.2) is 71.6 Å². The number of hydrogen-bond acceptors (Lipinski definition) is 4. The first-order valence-electron chi connectivity index (χ1n) is 10.6. The molecule has 2 aromatic carbocycles. The van der Waals surface area contributed by atoms with E-state index >= 15 is 0 Å². The molecule has 1 saturated carbocycles. The number of thiophene rings is 1. The van der Waals surface area contributed by atoms with E-state index in [4.69, 9.17) is 27.9 Å².